The van der Waals surface area contributed by atoms with Crippen LogP contribution in [0.3, 0.4) is 0 Å². The normalized spacial score (nSPS) is 16.2. The second kappa shape index (κ2) is 6.43. The van der Waals surface area contributed by atoms with Crippen LogP contribution in [0.4, 0.5) is 0 Å². The van der Waals surface area contributed by atoms with E-state index in [2.05, 4.69) is 0 Å². The first-order valence-corrected chi connectivity index (χ1v) is 7.69. The van der Waals surface area contributed by atoms with Crippen LogP contribution in [0, 0.1) is 6.92 Å². The predicted molar refractivity (Wildman–Crippen MR) is 89.4 cm³/mol. The van der Waals surface area contributed by atoms with Gasteiger partial charge < -0.3 is 18.9 Å². The lowest BCUT2D eigenvalue weighted by Gasteiger charge is -2.28. The Balaban J connectivity index is 2.23. The molecule has 1 aliphatic rings. The number of methoxy groups -OCH3 is 3. The molecule has 0 spiro atoms. The largest absolute Gasteiger partial charge is 0.493 e. The summed E-state index contributed by atoms with van der Waals surface area (Å²) in [6.07, 6.45) is 0.252. The summed E-state index contributed by atoms with van der Waals surface area (Å²) in [6.45, 7) is 2.03. The molecule has 0 fully saturated rings. The third-order valence-corrected chi connectivity index (χ3v) is 4.25. The molecule has 2 aromatic carbocycles. The lowest BCUT2D eigenvalue weighted by molar-refractivity contribution is -0.135. The summed E-state index contributed by atoms with van der Waals surface area (Å²) >= 11 is 0. The molecule has 5 heteroatoms. The molecule has 24 heavy (non-hydrogen) atoms. The van der Waals surface area contributed by atoms with E-state index in [4.69, 9.17) is 18.9 Å². The van der Waals surface area contributed by atoms with Gasteiger partial charge in [-0.3, -0.25) is 4.79 Å². The van der Waals surface area contributed by atoms with Gasteiger partial charge in [0.1, 0.15) is 5.75 Å². The Morgan fingerprint density at radius 3 is 2.25 bits per heavy atom. The molecule has 1 heterocycles. The molecule has 0 saturated heterocycles. The van der Waals surface area contributed by atoms with Crippen molar-refractivity contribution in [2.45, 2.75) is 19.3 Å². The zero-order valence-electron chi connectivity index (χ0n) is 14.2. The molecule has 0 bridgehead atoms. The van der Waals surface area contributed by atoms with Crippen LogP contribution < -0.4 is 18.9 Å². The minimum Gasteiger partial charge on any atom is -0.493 e. The Morgan fingerprint density at radius 2 is 1.67 bits per heavy atom. The molecule has 0 aromatic heterocycles. The van der Waals surface area contributed by atoms with Gasteiger partial charge in [-0.1, -0.05) is 29.8 Å². The highest BCUT2D eigenvalue weighted by Gasteiger charge is 2.35. The second-order valence-corrected chi connectivity index (χ2v) is 5.70. The van der Waals surface area contributed by atoms with Gasteiger partial charge in [0.2, 0.25) is 5.75 Å². The van der Waals surface area contributed by atoms with Crippen LogP contribution in [0.25, 0.3) is 0 Å². The first kappa shape index (κ1) is 16.2. The molecule has 1 atom stereocenters. The van der Waals surface area contributed by atoms with Crippen LogP contribution in [0.2, 0.25) is 0 Å². The summed E-state index contributed by atoms with van der Waals surface area (Å²) < 4.78 is 21.8. The summed E-state index contributed by atoms with van der Waals surface area (Å²) in [4.78, 5) is 12.1. The highest BCUT2D eigenvalue weighted by molar-refractivity contribution is 5.80. The van der Waals surface area contributed by atoms with E-state index in [1.165, 1.54) is 7.11 Å². The van der Waals surface area contributed by atoms with Gasteiger partial charge in [-0.25, -0.2) is 0 Å². The number of carbonyl (C=O) groups excluding carboxylic acids is 1. The number of aryl methyl sites for hydroxylation is 1. The van der Waals surface area contributed by atoms with Crippen molar-refractivity contribution in [2.24, 2.45) is 0 Å². The summed E-state index contributed by atoms with van der Waals surface area (Å²) in [5, 5.41) is 0. The number of hydrogen-bond acceptors (Lipinski definition) is 5. The van der Waals surface area contributed by atoms with Crippen LogP contribution in [0.5, 0.6) is 23.0 Å². The fourth-order valence-electron chi connectivity index (χ4n) is 3.09. The number of fused-ring (bicyclic) bond motifs is 1. The van der Waals surface area contributed by atoms with Crippen molar-refractivity contribution < 1.29 is 23.7 Å². The Bertz CT molecular complexity index is 764. The molecule has 126 valence electrons. The third-order valence-electron chi connectivity index (χ3n) is 4.25. The smallest absolute Gasteiger partial charge is 0.312 e. The molecule has 0 aliphatic carbocycles. The zero-order chi connectivity index (χ0) is 17.3. The number of hydrogen-bond donors (Lipinski definition) is 0. The molecule has 3 rings (SSSR count). The molecule has 0 saturated carbocycles. The summed E-state index contributed by atoms with van der Waals surface area (Å²) in [6, 6.07) is 9.79. The minimum atomic E-state index is -0.276. The maximum absolute atomic E-state index is 12.1. The van der Waals surface area contributed by atoms with Crippen molar-refractivity contribution in [2.75, 3.05) is 21.3 Å². The standard InChI is InChI=1S/C19H20O5/c1-11-5-7-12(8-6-11)13-9-16(20)24-14-10-15(21-2)18(22-3)19(23-4)17(13)14/h5-8,10,13H,9H2,1-4H3/t13-/m0/s1. The van der Waals surface area contributed by atoms with Crippen molar-refractivity contribution in [3.05, 3.63) is 47.0 Å². The van der Waals surface area contributed by atoms with E-state index in [0.29, 0.717) is 23.0 Å². The van der Waals surface area contributed by atoms with E-state index < -0.39 is 0 Å². The van der Waals surface area contributed by atoms with Gasteiger partial charge in [-0.05, 0) is 12.5 Å². The van der Waals surface area contributed by atoms with E-state index in [9.17, 15) is 4.79 Å². The van der Waals surface area contributed by atoms with Crippen LogP contribution in [0.1, 0.15) is 29.0 Å². The molecule has 2 aromatic rings. The fourth-order valence-corrected chi connectivity index (χ4v) is 3.09. The van der Waals surface area contributed by atoms with Gasteiger partial charge in [0, 0.05) is 17.5 Å². The summed E-state index contributed by atoms with van der Waals surface area (Å²) in [5.74, 6) is 1.51. The zero-order valence-corrected chi connectivity index (χ0v) is 14.2. The van der Waals surface area contributed by atoms with Crippen molar-refractivity contribution in [3.8, 4) is 23.0 Å². The van der Waals surface area contributed by atoms with Crippen molar-refractivity contribution in [1.82, 2.24) is 0 Å². The predicted octanol–water partition coefficient (Wildman–Crippen LogP) is 3.46. The first-order chi connectivity index (χ1) is 11.6. The van der Waals surface area contributed by atoms with Crippen LogP contribution >= 0.6 is 0 Å². The monoisotopic (exact) mass is 328 g/mol. The van der Waals surface area contributed by atoms with Gasteiger partial charge in [0.05, 0.1) is 27.8 Å². The van der Waals surface area contributed by atoms with E-state index in [-0.39, 0.29) is 18.3 Å². The molecular formula is C19H20O5. The van der Waals surface area contributed by atoms with Gasteiger partial charge in [0.25, 0.3) is 0 Å². The SMILES string of the molecule is COc1cc2c(c(OC)c1OC)[C@H](c1ccc(C)cc1)CC(=O)O2. The van der Waals surface area contributed by atoms with Crippen LogP contribution in [-0.4, -0.2) is 27.3 Å². The summed E-state index contributed by atoms with van der Waals surface area (Å²) in [7, 11) is 4.66. The Kier molecular flexibility index (Phi) is 4.34. The molecule has 5 nitrogen and oxygen atoms in total. The maximum atomic E-state index is 12.1. The number of esters is 1. The Morgan fingerprint density at radius 1 is 1.00 bits per heavy atom. The fraction of sp³-hybridized carbons (Fsp3) is 0.316. The molecule has 0 unspecified atom stereocenters. The lowest BCUT2D eigenvalue weighted by atomic mass is 9.85. The van der Waals surface area contributed by atoms with Crippen LogP contribution in [-0.2, 0) is 4.79 Å². The molecule has 0 amide bonds. The third kappa shape index (κ3) is 2.66. The average molecular weight is 328 g/mol. The van der Waals surface area contributed by atoms with E-state index in [1.807, 2.05) is 31.2 Å². The van der Waals surface area contributed by atoms with E-state index >= 15 is 0 Å². The molecule has 1 aliphatic heterocycles. The highest BCUT2D eigenvalue weighted by Crippen LogP contribution is 2.52. The number of benzene rings is 2. The van der Waals surface area contributed by atoms with E-state index in [1.54, 1.807) is 20.3 Å². The van der Waals surface area contributed by atoms with E-state index in [0.717, 1.165) is 16.7 Å². The lowest BCUT2D eigenvalue weighted by Crippen LogP contribution is -2.22. The Labute approximate surface area is 141 Å². The summed E-state index contributed by atoms with van der Waals surface area (Å²) in [5.41, 5.74) is 3.00. The number of carbonyl (C=O) groups is 1. The highest BCUT2D eigenvalue weighted by atomic mass is 16.5. The minimum absolute atomic E-state index is 0.156. The molecule has 0 radical (unpaired) electrons. The number of ether oxygens (including phenoxy) is 4. The quantitative estimate of drug-likeness (QED) is 0.635. The van der Waals surface area contributed by atoms with Gasteiger partial charge in [-0.15, -0.1) is 0 Å². The molecule has 0 N–H and O–H groups in total. The van der Waals surface area contributed by atoms with Gasteiger partial charge in [-0.2, -0.15) is 0 Å². The number of rotatable bonds is 4. The first-order valence-electron chi connectivity index (χ1n) is 7.69. The van der Waals surface area contributed by atoms with Gasteiger partial charge >= 0.3 is 5.97 Å². The second-order valence-electron chi connectivity index (χ2n) is 5.70. The van der Waals surface area contributed by atoms with Crippen molar-refractivity contribution >= 4 is 5.97 Å². The van der Waals surface area contributed by atoms with Crippen LogP contribution in [0.15, 0.2) is 30.3 Å². The van der Waals surface area contributed by atoms with Crippen molar-refractivity contribution in [1.29, 1.82) is 0 Å². The maximum Gasteiger partial charge on any atom is 0.312 e. The van der Waals surface area contributed by atoms with Crippen molar-refractivity contribution in [3.63, 3.8) is 0 Å². The average Bonchev–Trinajstić information content (AvgIpc) is 2.59. The van der Waals surface area contributed by atoms with Gasteiger partial charge in [0.15, 0.2) is 11.5 Å². The topological polar surface area (TPSA) is 54.0 Å². The Hall–Kier alpha value is -2.69. The molecular weight excluding hydrogens is 308 g/mol.